The molecule has 7 heteroatoms. The van der Waals surface area contributed by atoms with Gasteiger partial charge >= 0.3 is 0 Å². The van der Waals surface area contributed by atoms with Crippen molar-refractivity contribution in [3.8, 4) is 11.4 Å². The second-order valence-electron chi connectivity index (χ2n) is 4.52. The molecule has 0 aliphatic rings. The first-order valence-corrected chi connectivity index (χ1v) is 6.29. The third kappa shape index (κ3) is 3.42. The summed E-state index contributed by atoms with van der Waals surface area (Å²) in [6, 6.07) is 5.28. The van der Waals surface area contributed by atoms with E-state index in [0.29, 0.717) is 35.6 Å². The topological polar surface area (TPSA) is 78.8 Å². The molecule has 1 aromatic heterocycles. The van der Waals surface area contributed by atoms with Crippen LogP contribution in [0.2, 0.25) is 5.02 Å². The third-order valence-electron chi connectivity index (χ3n) is 2.65. The Labute approximate surface area is 116 Å². The van der Waals surface area contributed by atoms with Crippen LogP contribution in [0.25, 0.3) is 11.4 Å². The molecule has 19 heavy (non-hydrogen) atoms. The van der Waals surface area contributed by atoms with Crippen LogP contribution in [-0.4, -0.2) is 33.9 Å². The second kappa shape index (κ2) is 5.99. The van der Waals surface area contributed by atoms with Crippen LogP contribution in [0.5, 0.6) is 0 Å². The number of aromatic nitrogens is 4. The molecular formula is C12H16ClN5O. The second-order valence-corrected chi connectivity index (χ2v) is 4.95. The lowest BCUT2D eigenvalue weighted by molar-refractivity contribution is 0.149. The van der Waals surface area contributed by atoms with Crippen molar-refractivity contribution < 1.29 is 4.74 Å². The summed E-state index contributed by atoms with van der Waals surface area (Å²) in [4.78, 5) is 0. The van der Waals surface area contributed by atoms with Crippen LogP contribution >= 0.6 is 11.6 Å². The fourth-order valence-electron chi connectivity index (χ4n) is 1.91. The Kier molecular flexibility index (Phi) is 4.34. The fourth-order valence-corrected chi connectivity index (χ4v) is 2.15. The van der Waals surface area contributed by atoms with Crippen molar-refractivity contribution in [2.45, 2.75) is 13.5 Å². The van der Waals surface area contributed by atoms with E-state index >= 15 is 0 Å². The van der Waals surface area contributed by atoms with Crippen LogP contribution in [0, 0.1) is 5.92 Å². The Bertz CT molecular complexity index is 537. The minimum atomic E-state index is 0.309. The maximum atomic E-state index is 6.00. The normalized spacial score (nSPS) is 12.6. The number of benzene rings is 1. The molecule has 0 radical (unpaired) electrons. The number of tetrazole rings is 1. The van der Waals surface area contributed by atoms with Crippen LogP contribution in [0.3, 0.4) is 0 Å². The molecule has 0 spiro atoms. The van der Waals surface area contributed by atoms with Crippen LogP contribution in [0.15, 0.2) is 18.2 Å². The number of anilines is 1. The van der Waals surface area contributed by atoms with Crippen LogP contribution in [-0.2, 0) is 11.3 Å². The quantitative estimate of drug-likeness (QED) is 0.846. The molecule has 0 aliphatic carbocycles. The van der Waals surface area contributed by atoms with E-state index in [1.807, 2.05) is 0 Å². The number of nitrogen functional groups attached to an aromatic ring is 1. The van der Waals surface area contributed by atoms with Crippen molar-refractivity contribution in [1.82, 2.24) is 20.2 Å². The van der Waals surface area contributed by atoms with Gasteiger partial charge in [0.25, 0.3) is 0 Å². The van der Waals surface area contributed by atoms with Gasteiger partial charge in [0.15, 0.2) is 5.82 Å². The summed E-state index contributed by atoms with van der Waals surface area (Å²) in [6.45, 7) is 3.39. The number of halogens is 1. The Balaban J connectivity index is 2.28. The first kappa shape index (κ1) is 13.8. The van der Waals surface area contributed by atoms with Gasteiger partial charge in [0.05, 0.1) is 6.61 Å². The zero-order valence-corrected chi connectivity index (χ0v) is 11.6. The van der Waals surface area contributed by atoms with Gasteiger partial charge in [-0.2, -0.15) is 0 Å². The van der Waals surface area contributed by atoms with Crippen molar-refractivity contribution in [3.05, 3.63) is 23.2 Å². The minimum absolute atomic E-state index is 0.309. The molecule has 0 aliphatic heterocycles. The van der Waals surface area contributed by atoms with E-state index in [9.17, 15) is 0 Å². The smallest absolute Gasteiger partial charge is 0.182 e. The first-order chi connectivity index (χ1) is 9.10. The highest BCUT2D eigenvalue weighted by Gasteiger charge is 2.13. The monoisotopic (exact) mass is 281 g/mol. The highest BCUT2D eigenvalue weighted by Crippen LogP contribution is 2.24. The molecule has 2 N–H and O–H groups in total. The molecule has 102 valence electrons. The lowest BCUT2D eigenvalue weighted by Crippen LogP contribution is -2.14. The number of nitrogens with two attached hydrogens (primary N) is 1. The molecule has 1 heterocycles. The van der Waals surface area contributed by atoms with E-state index in [2.05, 4.69) is 22.4 Å². The summed E-state index contributed by atoms with van der Waals surface area (Å²) >= 11 is 6.00. The average Bonchev–Trinajstić information content (AvgIpc) is 2.76. The molecular weight excluding hydrogens is 266 g/mol. The summed E-state index contributed by atoms with van der Waals surface area (Å²) in [6.07, 6.45) is 0. The summed E-state index contributed by atoms with van der Waals surface area (Å²) in [7, 11) is 1.68. The van der Waals surface area contributed by atoms with Gasteiger partial charge in [-0.05, 0) is 34.5 Å². The van der Waals surface area contributed by atoms with E-state index in [1.54, 1.807) is 30.0 Å². The van der Waals surface area contributed by atoms with Gasteiger partial charge in [-0.15, -0.1) is 5.10 Å². The van der Waals surface area contributed by atoms with E-state index < -0.39 is 0 Å². The molecule has 2 rings (SSSR count). The molecule has 6 nitrogen and oxygen atoms in total. The van der Waals surface area contributed by atoms with Gasteiger partial charge in [-0.25, -0.2) is 4.68 Å². The zero-order valence-electron chi connectivity index (χ0n) is 10.9. The van der Waals surface area contributed by atoms with Gasteiger partial charge in [0.1, 0.15) is 0 Å². The van der Waals surface area contributed by atoms with Crippen LogP contribution < -0.4 is 5.73 Å². The van der Waals surface area contributed by atoms with E-state index in [4.69, 9.17) is 22.1 Å². The number of hydrogen-bond acceptors (Lipinski definition) is 5. The van der Waals surface area contributed by atoms with E-state index in [1.165, 1.54) is 0 Å². The van der Waals surface area contributed by atoms with Crippen LogP contribution in [0.4, 0.5) is 5.69 Å². The largest absolute Gasteiger partial charge is 0.399 e. The predicted molar refractivity (Wildman–Crippen MR) is 73.7 cm³/mol. The summed E-state index contributed by atoms with van der Waals surface area (Å²) in [5, 5.41) is 12.3. The summed E-state index contributed by atoms with van der Waals surface area (Å²) in [5.74, 6) is 0.959. The molecule has 0 fully saturated rings. The SMILES string of the molecule is COCC(C)Cn1nnnc1-c1cc(N)cc(Cl)c1. The average molecular weight is 282 g/mol. The van der Waals surface area contributed by atoms with Crippen molar-refractivity contribution in [2.75, 3.05) is 19.5 Å². The van der Waals surface area contributed by atoms with Gasteiger partial charge in [0, 0.05) is 29.9 Å². The van der Waals surface area contributed by atoms with Crippen molar-refractivity contribution >= 4 is 17.3 Å². The summed E-state index contributed by atoms with van der Waals surface area (Å²) < 4.78 is 6.84. The van der Waals surface area contributed by atoms with Crippen molar-refractivity contribution in [1.29, 1.82) is 0 Å². The molecule has 0 saturated carbocycles. The first-order valence-electron chi connectivity index (χ1n) is 5.91. The molecule has 0 saturated heterocycles. The maximum absolute atomic E-state index is 6.00. The third-order valence-corrected chi connectivity index (χ3v) is 2.86. The van der Waals surface area contributed by atoms with Gasteiger partial charge < -0.3 is 10.5 Å². The Morgan fingerprint density at radius 1 is 1.42 bits per heavy atom. The maximum Gasteiger partial charge on any atom is 0.182 e. The van der Waals surface area contributed by atoms with Gasteiger partial charge in [0.2, 0.25) is 0 Å². The van der Waals surface area contributed by atoms with Gasteiger partial charge in [-0.1, -0.05) is 18.5 Å². The lowest BCUT2D eigenvalue weighted by Gasteiger charge is -2.11. The fraction of sp³-hybridized carbons (Fsp3) is 0.417. The number of ether oxygens (including phenoxy) is 1. The highest BCUT2D eigenvalue weighted by atomic mass is 35.5. The summed E-state index contributed by atoms with van der Waals surface area (Å²) in [5.41, 5.74) is 7.17. The number of nitrogens with zero attached hydrogens (tertiary/aromatic N) is 4. The number of methoxy groups -OCH3 is 1. The lowest BCUT2D eigenvalue weighted by atomic mass is 10.1. The molecule has 2 aromatic rings. The Hall–Kier alpha value is -1.66. The molecule has 0 bridgehead atoms. The predicted octanol–water partition coefficient (Wildman–Crippen LogP) is 1.86. The van der Waals surface area contributed by atoms with Gasteiger partial charge in [-0.3, -0.25) is 0 Å². The molecule has 1 atom stereocenters. The standard InChI is InChI=1S/C12H16ClN5O/c1-8(7-19-2)6-18-12(15-16-17-18)9-3-10(13)5-11(14)4-9/h3-5,8H,6-7,14H2,1-2H3. The molecule has 1 aromatic carbocycles. The Morgan fingerprint density at radius 2 is 2.21 bits per heavy atom. The van der Waals surface area contributed by atoms with Crippen molar-refractivity contribution in [2.24, 2.45) is 5.92 Å². The molecule has 1 unspecified atom stereocenters. The van der Waals surface area contributed by atoms with E-state index in [-0.39, 0.29) is 0 Å². The minimum Gasteiger partial charge on any atom is -0.399 e. The molecule has 0 amide bonds. The van der Waals surface area contributed by atoms with Crippen molar-refractivity contribution in [3.63, 3.8) is 0 Å². The number of hydrogen-bond donors (Lipinski definition) is 1. The zero-order chi connectivity index (χ0) is 13.8. The van der Waals surface area contributed by atoms with Crippen LogP contribution in [0.1, 0.15) is 6.92 Å². The Morgan fingerprint density at radius 3 is 2.89 bits per heavy atom. The van der Waals surface area contributed by atoms with E-state index in [0.717, 1.165) is 5.56 Å². The highest BCUT2D eigenvalue weighted by molar-refractivity contribution is 6.31. The number of rotatable bonds is 5.